The maximum atomic E-state index is 12.1. The number of carbonyl (C=O) groups excluding carboxylic acids is 1. The first-order valence-electron chi connectivity index (χ1n) is 7.35. The average molecular weight is 254 g/mol. The molecule has 4 heteroatoms. The standard InChI is InChI=1S/C14H26N2O2/c1-12-11-15-7-8-16(12)14(17)4-2-3-13-5-9-18-10-6-13/h12-13,15H,2-11H2,1H3. The summed E-state index contributed by atoms with van der Waals surface area (Å²) in [6.07, 6.45) is 5.31. The molecule has 104 valence electrons. The van der Waals surface area contributed by atoms with Gasteiger partial charge in [-0.3, -0.25) is 4.79 Å². The number of carbonyl (C=O) groups is 1. The van der Waals surface area contributed by atoms with Gasteiger partial charge in [-0.1, -0.05) is 0 Å². The fourth-order valence-corrected chi connectivity index (χ4v) is 2.93. The zero-order valence-corrected chi connectivity index (χ0v) is 11.5. The minimum atomic E-state index is 0.344. The monoisotopic (exact) mass is 254 g/mol. The van der Waals surface area contributed by atoms with Gasteiger partial charge in [0.25, 0.3) is 0 Å². The number of amides is 1. The molecule has 2 aliphatic rings. The van der Waals surface area contributed by atoms with Crippen molar-refractivity contribution < 1.29 is 9.53 Å². The lowest BCUT2D eigenvalue weighted by molar-refractivity contribution is -0.134. The van der Waals surface area contributed by atoms with Crippen LogP contribution in [-0.4, -0.2) is 49.7 Å². The summed E-state index contributed by atoms with van der Waals surface area (Å²) in [5, 5.41) is 3.32. The summed E-state index contributed by atoms with van der Waals surface area (Å²) in [7, 11) is 0. The predicted octanol–water partition coefficient (Wildman–Crippen LogP) is 1.40. The van der Waals surface area contributed by atoms with Crippen molar-refractivity contribution in [1.29, 1.82) is 0 Å². The van der Waals surface area contributed by atoms with Crippen LogP contribution in [0.1, 0.15) is 39.0 Å². The highest BCUT2D eigenvalue weighted by molar-refractivity contribution is 5.76. The smallest absolute Gasteiger partial charge is 0.222 e. The second kappa shape index (κ2) is 7.10. The molecule has 2 heterocycles. The van der Waals surface area contributed by atoms with Gasteiger partial charge in [0, 0.05) is 45.3 Å². The van der Waals surface area contributed by atoms with Crippen LogP contribution in [0.15, 0.2) is 0 Å². The second-order valence-electron chi connectivity index (χ2n) is 5.59. The maximum absolute atomic E-state index is 12.1. The quantitative estimate of drug-likeness (QED) is 0.824. The number of hydrogen-bond donors (Lipinski definition) is 1. The van der Waals surface area contributed by atoms with Crippen LogP contribution in [0, 0.1) is 5.92 Å². The first-order valence-corrected chi connectivity index (χ1v) is 7.35. The average Bonchev–Trinajstić information content (AvgIpc) is 2.40. The summed E-state index contributed by atoms with van der Waals surface area (Å²) in [5.41, 5.74) is 0. The molecule has 1 atom stereocenters. The fraction of sp³-hybridized carbons (Fsp3) is 0.929. The summed E-state index contributed by atoms with van der Waals surface area (Å²) < 4.78 is 5.35. The van der Waals surface area contributed by atoms with E-state index in [1.807, 2.05) is 4.90 Å². The van der Waals surface area contributed by atoms with Crippen molar-refractivity contribution in [1.82, 2.24) is 10.2 Å². The molecule has 2 aliphatic heterocycles. The predicted molar refractivity (Wildman–Crippen MR) is 71.4 cm³/mol. The molecule has 0 radical (unpaired) electrons. The van der Waals surface area contributed by atoms with E-state index in [1.54, 1.807) is 0 Å². The van der Waals surface area contributed by atoms with Gasteiger partial charge in [-0.15, -0.1) is 0 Å². The van der Waals surface area contributed by atoms with Crippen molar-refractivity contribution in [2.45, 2.75) is 45.1 Å². The van der Waals surface area contributed by atoms with Gasteiger partial charge in [-0.2, -0.15) is 0 Å². The molecule has 0 bridgehead atoms. The van der Waals surface area contributed by atoms with Crippen molar-refractivity contribution in [3.63, 3.8) is 0 Å². The highest BCUT2D eigenvalue weighted by Gasteiger charge is 2.22. The first kappa shape index (κ1) is 13.8. The lowest BCUT2D eigenvalue weighted by atomic mass is 9.94. The largest absolute Gasteiger partial charge is 0.381 e. The summed E-state index contributed by atoms with van der Waals surface area (Å²) in [4.78, 5) is 14.2. The molecule has 1 amide bonds. The summed E-state index contributed by atoms with van der Waals surface area (Å²) in [6, 6.07) is 0.356. The number of rotatable bonds is 4. The van der Waals surface area contributed by atoms with Gasteiger partial charge in [0.1, 0.15) is 0 Å². The molecule has 4 nitrogen and oxygen atoms in total. The third kappa shape index (κ3) is 3.95. The molecule has 2 saturated heterocycles. The summed E-state index contributed by atoms with van der Waals surface area (Å²) in [5.74, 6) is 1.13. The minimum Gasteiger partial charge on any atom is -0.381 e. The lowest BCUT2D eigenvalue weighted by Gasteiger charge is -2.34. The number of hydrogen-bond acceptors (Lipinski definition) is 3. The Hall–Kier alpha value is -0.610. The van der Waals surface area contributed by atoms with Crippen LogP contribution in [0.4, 0.5) is 0 Å². The van der Waals surface area contributed by atoms with Gasteiger partial charge < -0.3 is 15.0 Å². The maximum Gasteiger partial charge on any atom is 0.222 e. The van der Waals surface area contributed by atoms with E-state index < -0.39 is 0 Å². The minimum absolute atomic E-state index is 0.344. The van der Waals surface area contributed by atoms with E-state index in [-0.39, 0.29) is 0 Å². The van der Waals surface area contributed by atoms with Gasteiger partial charge in [0.05, 0.1) is 0 Å². The van der Waals surface area contributed by atoms with Crippen molar-refractivity contribution in [3.05, 3.63) is 0 Å². The molecule has 18 heavy (non-hydrogen) atoms. The van der Waals surface area contributed by atoms with E-state index in [2.05, 4.69) is 12.2 Å². The second-order valence-corrected chi connectivity index (χ2v) is 5.59. The van der Waals surface area contributed by atoms with E-state index >= 15 is 0 Å². The van der Waals surface area contributed by atoms with E-state index in [9.17, 15) is 4.79 Å². The van der Waals surface area contributed by atoms with Gasteiger partial charge >= 0.3 is 0 Å². The Balaban J connectivity index is 1.64. The SMILES string of the molecule is CC1CNCCN1C(=O)CCCC1CCOCC1. The number of ether oxygens (including phenoxy) is 1. The molecular formula is C14H26N2O2. The number of nitrogens with zero attached hydrogens (tertiary/aromatic N) is 1. The van der Waals surface area contributed by atoms with E-state index in [4.69, 9.17) is 4.74 Å². The molecule has 0 aromatic rings. The molecular weight excluding hydrogens is 228 g/mol. The van der Waals surface area contributed by atoms with Crippen LogP contribution in [0.3, 0.4) is 0 Å². The van der Waals surface area contributed by atoms with Gasteiger partial charge in [0.15, 0.2) is 0 Å². The van der Waals surface area contributed by atoms with Crippen LogP contribution >= 0.6 is 0 Å². The highest BCUT2D eigenvalue weighted by Crippen LogP contribution is 2.21. The topological polar surface area (TPSA) is 41.6 Å². The van der Waals surface area contributed by atoms with Crippen molar-refractivity contribution in [2.75, 3.05) is 32.8 Å². The van der Waals surface area contributed by atoms with Crippen LogP contribution in [-0.2, 0) is 9.53 Å². The third-order valence-corrected chi connectivity index (χ3v) is 4.17. The van der Waals surface area contributed by atoms with E-state index in [0.717, 1.165) is 51.6 Å². The molecule has 0 aromatic carbocycles. The zero-order chi connectivity index (χ0) is 12.8. The Morgan fingerprint density at radius 1 is 1.39 bits per heavy atom. The Morgan fingerprint density at radius 2 is 2.17 bits per heavy atom. The van der Waals surface area contributed by atoms with Crippen LogP contribution in [0.5, 0.6) is 0 Å². The molecule has 0 spiro atoms. The van der Waals surface area contributed by atoms with E-state index in [1.165, 1.54) is 19.3 Å². The van der Waals surface area contributed by atoms with Crippen molar-refractivity contribution in [3.8, 4) is 0 Å². The number of piperazine rings is 1. The third-order valence-electron chi connectivity index (χ3n) is 4.17. The number of nitrogens with one attached hydrogen (secondary N) is 1. The van der Waals surface area contributed by atoms with Crippen LogP contribution < -0.4 is 5.32 Å². The Bertz CT molecular complexity index is 265. The lowest BCUT2D eigenvalue weighted by Crippen LogP contribution is -2.52. The highest BCUT2D eigenvalue weighted by atomic mass is 16.5. The van der Waals surface area contributed by atoms with Gasteiger partial charge in [-0.05, 0) is 38.5 Å². The van der Waals surface area contributed by atoms with Gasteiger partial charge in [0.2, 0.25) is 5.91 Å². The normalized spacial score (nSPS) is 26.3. The Kier molecular flexibility index (Phi) is 5.45. The van der Waals surface area contributed by atoms with Crippen molar-refractivity contribution >= 4 is 5.91 Å². The van der Waals surface area contributed by atoms with Crippen LogP contribution in [0.25, 0.3) is 0 Å². The Morgan fingerprint density at radius 3 is 2.89 bits per heavy atom. The van der Waals surface area contributed by atoms with Crippen molar-refractivity contribution in [2.24, 2.45) is 5.92 Å². The molecule has 2 rings (SSSR count). The Labute approximate surface area is 110 Å². The summed E-state index contributed by atoms with van der Waals surface area (Å²) >= 11 is 0. The molecule has 0 saturated carbocycles. The van der Waals surface area contributed by atoms with Gasteiger partial charge in [-0.25, -0.2) is 0 Å². The molecule has 2 fully saturated rings. The molecule has 0 aliphatic carbocycles. The van der Waals surface area contributed by atoms with E-state index in [0.29, 0.717) is 11.9 Å². The zero-order valence-electron chi connectivity index (χ0n) is 11.5. The fourth-order valence-electron chi connectivity index (χ4n) is 2.93. The molecule has 1 N–H and O–H groups in total. The first-order chi connectivity index (χ1) is 8.77. The summed E-state index contributed by atoms with van der Waals surface area (Å²) in [6.45, 7) is 6.70. The van der Waals surface area contributed by atoms with Crippen LogP contribution in [0.2, 0.25) is 0 Å². The molecule has 1 unspecified atom stereocenters. The molecule has 0 aromatic heterocycles.